The Labute approximate surface area is 163 Å². The molecule has 1 saturated heterocycles. The van der Waals surface area contributed by atoms with Gasteiger partial charge in [0.15, 0.2) is 5.82 Å². The first-order valence-electron chi connectivity index (χ1n) is 9.28. The van der Waals surface area contributed by atoms with Crippen LogP contribution >= 0.6 is 0 Å². The van der Waals surface area contributed by atoms with Gasteiger partial charge in [0.1, 0.15) is 24.1 Å². The number of benzene rings is 1. The van der Waals surface area contributed by atoms with Gasteiger partial charge >= 0.3 is 0 Å². The first-order chi connectivity index (χ1) is 13.2. The number of aromatic hydroxyl groups is 1. The minimum Gasteiger partial charge on any atom is -0.508 e. The van der Waals surface area contributed by atoms with Crippen molar-refractivity contribution in [2.45, 2.75) is 32.4 Å². The van der Waals surface area contributed by atoms with Crippen LogP contribution in [0.4, 0.5) is 14.7 Å². The summed E-state index contributed by atoms with van der Waals surface area (Å²) in [6, 6.07) is 2.69. The molecule has 0 aliphatic carbocycles. The molecule has 1 fully saturated rings. The predicted molar refractivity (Wildman–Crippen MR) is 104 cm³/mol. The van der Waals surface area contributed by atoms with Crippen molar-refractivity contribution in [3.8, 4) is 17.1 Å². The highest BCUT2D eigenvalue weighted by Crippen LogP contribution is 2.29. The molecule has 1 aliphatic rings. The van der Waals surface area contributed by atoms with Gasteiger partial charge in [0.2, 0.25) is 5.95 Å². The Morgan fingerprint density at radius 1 is 1.18 bits per heavy atom. The van der Waals surface area contributed by atoms with E-state index in [4.69, 9.17) is 9.47 Å². The lowest BCUT2D eigenvalue weighted by Gasteiger charge is -2.25. The van der Waals surface area contributed by atoms with Crippen LogP contribution in [-0.4, -0.2) is 60.9 Å². The number of nitrogens with zero attached hydrogens (tertiary/aromatic N) is 4. The van der Waals surface area contributed by atoms with Gasteiger partial charge < -0.3 is 19.5 Å². The van der Waals surface area contributed by atoms with E-state index in [0.29, 0.717) is 38.9 Å². The minimum atomic E-state index is -1.26. The highest BCUT2D eigenvalue weighted by Gasteiger charge is 2.24. The number of halogens is 2. The first kappa shape index (κ1) is 20.7. The van der Waals surface area contributed by atoms with Crippen LogP contribution in [0.25, 0.3) is 11.4 Å². The molecule has 0 unspecified atom stereocenters. The second-order valence-corrected chi connectivity index (χ2v) is 13.6. The van der Waals surface area contributed by atoms with Crippen molar-refractivity contribution < 1.29 is 23.4 Å². The standard InChI is InChI=1S/C18H26F2N4O3Si/c1-28(2,3)9-8-27-12-24-17(16-14(19)10-13(25)11-15(16)20)21-18(22-24)23-4-6-26-7-5-23/h10-11,25H,4-9,12H2,1-3H3. The van der Waals surface area contributed by atoms with Crippen molar-refractivity contribution in [1.82, 2.24) is 14.8 Å². The van der Waals surface area contributed by atoms with Crippen LogP contribution in [0.5, 0.6) is 5.75 Å². The van der Waals surface area contributed by atoms with Gasteiger partial charge in [-0.15, -0.1) is 5.10 Å². The number of phenols is 1. The molecule has 1 aromatic carbocycles. The fourth-order valence-corrected chi connectivity index (χ4v) is 3.56. The maximum absolute atomic E-state index is 14.4. The van der Waals surface area contributed by atoms with Crippen molar-refractivity contribution in [2.24, 2.45) is 0 Å². The number of hydrogen-bond donors (Lipinski definition) is 1. The molecular weight excluding hydrogens is 386 g/mol. The van der Waals surface area contributed by atoms with Crippen molar-refractivity contribution in [3.63, 3.8) is 0 Å². The van der Waals surface area contributed by atoms with Gasteiger partial charge in [-0.3, -0.25) is 0 Å². The second kappa shape index (κ2) is 8.54. The van der Waals surface area contributed by atoms with Crippen molar-refractivity contribution in [2.75, 3.05) is 37.8 Å². The van der Waals surface area contributed by atoms with Crippen LogP contribution in [0.15, 0.2) is 12.1 Å². The molecule has 7 nitrogen and oxygen atoms in total. The third-order valence-corrected chi connectivity index (χ3v) is 6.12. The summed E-state index contributed by atoms with van der Waals surface area (Å²) < 4.78 is 41.3. The molecule has 2 aromatic rings. The molecule has 2 heterocycles. The normalized spacial score (nSPS) is 15.2. The molecular formula is C18H26F2N4O3Si. The molecule has 1 aliphatic heterocycles. The van der Waals surface area contributed by atoms with Crippen LogP contribution in [-0.2, 0) is 16.2 Å². The van der Waals surface area contributed by atoms with Crippen LogP contribution in [0.3, 0.4) is 0 Å². The highest BCUT2D eigenvalue weighted by atomic mass is 28.3. The molecule has 0 spiro atoms. The zero-order chi connectivity index (χ0) is 20.3. The highest BCUT2D eigenvalue weighted by molar-refractivity contribution is 6.76. The predicted octanol–water partition coefficient (Wildman–Crippen LogP) is 3.08. The Kier molecular flexibility index (Phi) is 6.31. The minimum absolute atomic E-state index is 0.0319. The maximum atomic E-state index is 14.4. The molecule has 10 heteroatoms. The average molecular weight is 413 g/mol. The van der Waals surface area contributed by atoms with Crippen LogP contribution in [0, 0.1) is 11.6 Å². The molecule has 0 radical (unpaired) electrons. The Bertz CT molecular complexity index is 797. The number of ether oxygens (including phenoxy) is 2. The summed E-state index contributed by atoms with van der Waals surface area (Å²) in [5, 5.41) is 13.8. The molecule has 28 heavy (non-hydrogen) atoms. The van der Waals surface area contributed by atoms with E-state index < -0.39 is 25.5 Å². The van der Waals surface area contributed by atoms with Crippen LogP contribution < -0.4 is 4.90 Å². The number of phenolic OH excluding ortho intramolecular Hbond substituents is 1. The summed E-state index contributed by atoms with van der Waals surface area (Å²) in [5.74, 6) is -1.88. The molecule has 154 valence electrons. The van der Waals surface area contributed by atoms with Gasteiger partial charge in [-0.2, -0.15) is 4.98 Å². The summed E-state index contributed by atoms with van der Waals surface area (Å²) >= 11 is 0. The van der Waals surface area contributed by atoms with Crippen molar-refractivity contribution in [3.05, 3.63) is 23.8 Å². The van der Waals surface area contributed by atoms with Gasteiger partial charge in [0, 0.05) is 39.9 Å². The quantitative estimate of drug-likeness (QED) is 0.557. The van der Waals surface area contributed by atoms with E-state index in [9.17, 15) is 13.9 Å². The molecule has 0 amide bonds. The third-order valence-electron chi connectivity index (χ3n) is 4.41. The molecule has 1 aromatic heterocycles. The Morgan fingerprint density at radius 3 is 2.43 bits per heavy atom. The van der Waals surface area contributed by atoms with E-state index in [-0.39, 0.29) is 18.1 Å². The van der Waals surface area contributed by atoms with Gasteiger partial charge in [-0.05, 0) is 6.04 Å². The van der Waals surface area contributed by atoms with E-state index in [1.807, 2.05) is 4.90 Å². The van der Waals surface area contributed by atoms with E-state index in [1.54, 1.807) is 0 Å². The summed E-state index contributed by atoms with van der Waals surface area (Å²) in [5.41, 5.74) is -0.335. The molecule has 0 saturated carbocycles. The Morgan fingerprint density at radius 2 is 1.82 bits per heavy atom. The smallest absolute Gasteiger partial charge is 0.245 e. The number of hydrogen-bond acceptors (Lipinski definition) is 6. The molecule has 1 N–H and O–H groups in total. The molecule has 0 bridgehead atoms. The van der Waals surface area contributed by atoms with Gasteiger partial charge in [-0.1, -0.05) is 19.6 Å². The van der Waals surface area contributed by atoms with Crippen molar-refractivity contribution >= 4 is 14.0 Å². The number of rotatable bonds is 7. The van der Waals surface area contributed by atoms with Gasteiger partial charge in [0.05, 0.1) is 18.8 Å². The first-order valence-corrected chi connectivity index (χ1v) is 13.0. The monoisotopic (exact) mass is 412 g/mol. The lowest BCUT2D eigenvalue weighted by Crippen LogP contribution is -2.37. The largest absolute Gasteiger partial charge is 0.508 e. The Hall–Kier alpha value is -2.04. The topological polar surface area (TPSA) is 72.6 Å². The van der Waals surface area contributed by atoms with Crippen LogP contribution in [0.2, 0.25) is 25.7 Å². The summed E-state index contributed by atoms with van der Waals surface area (Å²) in [7, 11) is -1.26. The van der Waals surface area contributed by atoms with E-state index in [2.05, 4.69) is 29.7 Å². The zero-order valence-electron chi connectivity index (χ0n) is 16.4. The lowest BCUT2D eigenvalue weighted by atomic mass is 10.1. The second-order valence-electron chi connectivity index (χ2n) is 7.97. The van der Waals surface area contributed by atoms with Crippen molar-refractivity contribution in [1.29, 1.82) is 0 Å². The number of morpholine rings is 1. The average Bonchev–Trinajstić information content (AvgIpc) is 3.02. The molecule has 0 atom stereocenters. The molecule has 3 rings (SSSR count). The Balaban J connectivity index is 1.89. The number of aromatic nitrogens is 3. The summed E-state index contributed by atoms with van der Waals surface area (Å²) in [6.45, 7) is 9.59. The SMILES string of the molecule is C[Si](C)(C)CCOCn1nc(N2CCOCC2)nc1-c1c(F)cc(O)cc1F. The maximum Gasteiger partial charge on any atom is 0.245 e. The lowest BCUT2D eigenvalue weighted by molar-refractivity contribution is 0.0794. The van der Waals surface area contributed by atoms with Gasteiger partial charge in [0.25, 0.3) is 0 Å². The fourth-order valence-electron chi connectivity index (χ4n) is 2.81. The van der Waals surface area contributed by atoms with Crippen LogP contribution in [0.1, 0.15) is 0 Å². The van der Waals surface area contributed by atoms with Gasteiger partial charge in [-0.25, -0.2) is 13.5 Å². The number of anilines is 1. The van der Waals surface area contributed by atoms with E-state index in [1.165, 1.54) is 4.68 Å². The van der Waals surface area contributed by atoms with E-state index >= 15 is 0 Å². The zero-order valence-corrected chi connectivity index (χ0v) is 17.4. The third kappa shape index (κ3) is 5.06. The van der Waals surface area contributed by atoms with E-state index in [0.717, 1.165) is 18.2 Å². The fraction of sp³-hybridized carbons (Fsp3) is 0.556. The summed E-state index contributed by atoms with van der Waals surface area (Å²) in [4.78, 5) is 6.28. The summed E-state index contributed by atoms with van der Waals surface area (Å²) in [6.07, 6.45) is 0.